The molecule has 4 heteroatoms. The number of halogens is 1. The van der Waals surface area contributed by atoms with Crippen molar-refractivity contribution in [2.45, 2.75) is 18.1 Å². The van der Waals surface area contributed by atoms with E-state index in [2.05, 4.69) is 11.1 Å². The fraction of sp³-hybridized carbons (Fsp3) is 0.167. The first-order chi connectivity index (χ1) is 10.7. The zero-order valence-electron chi connectivity index (χ0n) is 11.9. The van der Waals surface area contributed by atoms with Gasteiger partial charge in [0, 0.05) is 17.4 Å². The van der Waals surface area contributed by atoms with E-state index in [1.807, 2.05) is 53.2 Å². The van der Waals surface area contributed by atoms with E-state index in [0.29, 0.717) is 5.02 Å². The Bertz CT molecular complexity index is 798. The lowest BCUT2D eigenvalue weighted by Crippen LogP contribution is -2.34. The van der Waals surface area contributed by atoms with Gasteiger partial charge in [0.1, 0.15) is 5.60 Å². The number of fused-ring (bicyclic) bond motifs is 1. The minimum absolute atomic E-state index is 0.117. The van der Waals surface area contributed by atoms with Crippen LogP contribution in [-0.2, 0) is 12.0 Å². The smallest absolute Gasteiger partial charge is 0.136 e. The van der Waals surface area contributed by atoms with Crippen molar-refractivity contribution in [2.24, 2.45) is 0 Å². The maximum absolute atomic E-state index is 11.6. The summed E-state index contributed by atoms with van der Waals surface area (Å²) in [6.07, 6.45) is 6.17. The summed E-state index contributed by atoms with van der Waals surface area (Å²) in [5.74, 6) is 0. The minimum Gasteiger partial charge on any atom is -0.378 e. The van der Waals surface area contributed by atoms with Crippen LogP contribution >= 0.6 is 11.6 Å². The summed E-state index contributed by atoms with van der Waals surface area (Å²) in [6.45, 7) is 0. The van der Waals surface area contributed by atoms with Gasteiger partial charge in [0.2, 0.25) is 0 Å². The van der Waals surface area contributed by atoms with Gasteiger partial charge in [-0.25, -0.2) is 4.98 Å². The molecule has 1 N–H and O–H groups in total. The Hall–Kier alpha value is -2.10. The summed E-state index contributed by atoms with van der Waals surface area (Å²) in [4.78, 5) is 4.13. The van der Waals surface area contributed by atoms with Gasteiger partial charge in [-0.2, -0.15) is 0 Å². The van der Waals surface area contributed by atoms with Crippen LogP contribution in [0.2, 0.25) is 5.02 Å². The molecule has 3 aromatic rings. The van der Waals surface area contributed by atoms with Gasteiger partial charge in [-0.05, 0) is 35.2 Å². The fourth-order valence-electron chi connectivity index (χ4n) is 3.43. The van der Waals surface area contributed by atoms with Gasteiger partial charge in [-0.1, -0.05) is 48.0 Å². The molecule has 0 fully saturated rings. The maximum Gasteiger partial charge on any atom is 0.136 e. The Morgan fingerprint density at radius 3 is 2.64 bits per heavy atom. The molecule has 2 unspecified atom stereocenters. The summed E-state index contributed by atoms with van der Waals surface area (Å²) < 4.78 is 1.98. The SMILES string of the molecule is OC1(c2ccc(Cl)cc2)c2ccccc2CC1n1ccnc1. The minimum atomic E-state index is -1.08. The van der Waals surface area contributed by atoms with E-state index in [1.54, 1.807) is 12.5 Å². The number of aromatic nitrogens is 2. The molecule has 110 valence electrons. The summed E-state index contributed by atoms with van der Waals surface area (Å²) >= 11 is 6.00. The van der Waals surface area contributed by atoms with Crippen molar-refractivity contribution in [3.05, 3.63) is 89.0 Å². The number of nitrogens with zero attached hydrogens (tertiary/aromatic N) is 2. The van der Waals surface area contributed by atoms with Gasteiger partial charge in [-0.3, -0.25) is 0 Å². The monoisotopic (exact) mass is 310 g/mol. The van der Waals surface area contributed by atoms with Crippen LogP contribution in [-0.4, -0.2) is 14.7 Å². The van der Waals surface area contributed by atoms with Gasteiger partial charge in [0.15, 0.2) is 0 Å². The van der Waals surface area contributed by atoms with Crippen molar-refractivity contribution in [2.75, 3.05) is 0 Å². The van der Waals surface area contributed by atoms with Crippen molar-refractivity contribution in [3.63, 3.8) is 0 Å². The first-order valence-corrected chi connectivity index (χ1v) is 7.61. The van der Waals surface area contributed by atoms with E-state index in [-0.39, 0.29) is 6.04 Å². The predicted molar refractivity (Wildman–Crippen MR) is 85.9 cm³/mol. The highest BCUT2D eigenvalue weighted by Gasteiger charge is 2.47. The lowest BCUT2D eigenvalue weighted by Gasteiger charge is -2.32. The third kappa shape index (κ3) is 1.90. The van der Waals surface area contributed by atoms with Crippen LogP contribution in [0.3, 0.4) is 0 Å². The molecule has 0 amide bonds. The second-order valence-electron chi connectivity index (χ2n) is 5.66. The zero-order valence-corrected chi connectivity index (χ0v) is 12.6. The molecule has 0 bridgehead atoms. The standard InChI is InChI=1S/C18H15ClN2O/c19-15-7-5-14(6-8-15)18(22)16-4-2-1-3-13(16)11-17(18)21-10-9-20-12-21/h1-10,12,17,22H,11H2. The molecule has 0 saturated carbocycles. The third-order valence-electron chi connectivity index (χ3n) is 4.49. The highest BCUT2D eigenvalue weighted by molar-refractivity contribution is 6.30. The van der Waals surface area contributed by atoms with Crippen molar-refractivity contribution in [1.29, 1.82) is 0 Å². The summed E-state index contributed by atoms with van der Waals surface area (Å²) in [7, 11) is 0. The first-order valence-electron chi connectivity index (χ1n) is 7.24. The highest BCUT2D eigenvalue weighted by atomic mass is 35.5. The lowest BCUT2D eigenvalue weighted by atomic mass is 9.85. The lowest BCUT2D eigenvalue weighted by molar-refractivity contribution is 0.0355. The van der Waals surface area contributed by atoms with Crippen molar-refractivity contribution < 1.29 is 5.11 Å². The van der Waals surface area contributed by atoms with Crippen molar-refractivity contribution in [1.82, 2.24) is 9.55 Å². The summed E-state index contributed by atoms with van der Waals surface area (Å²) in [6, 6.07) is 15.4. The molecule has 22 heavy (non-hydrogen) atoms. The van der Waals surface area contributed by atoms with Gasteiger partial charge in [0.25, 0.3) is 0 Å². The molecule has 1 heterocycles. The van der Waals surface area contributed by atoms with Crippen LogP contribution in [0.5, 0.6) is 0 Å². The molecule has 3 nitrogen and oxygen atoms in total. The normalized spacial score (nSPS) is 23.5. The molecule has 0 spiro atoms. The first kappa shape index (κ1) is 13.6. The molecule has 0 aliphatic heterocycles. The molecule has 2 aromatic carbocycles. The average molecular weight is 311 g/mol. The molecule has 1 aromatic heterocycles. The van der Waals surface area contributed by atoms with E-state index in [4.69, 9.17) is 11.6 Å². The van der Waals surface area contributed by atoms with Gasteiger partial charge >= 0.3 is 0 Å². The molecular weight excluding hydrogens is 296 g/mol. The molecule has 1 aliphatic rings. The van der Waals surface area contributed by atoms with E-state index >= 15 is 0 Å². The predicted octanol–water partition coefficient (Wildman–Crippen LogP) is 3.57. The molecule has 1 aliphatic carbocycles. The Labute approximate surface area is 133 Å². The number of imidazole rings is 1. The van der Waals surface area contributed by atoms with Crippen LogP contribution in [0.4, 0.5) is 0 Å². The van der Waals surface area contributed by atoms with Gasteiger partial charge in [0.05, 0.1) is 12.4 Å². The second-order valence-corrected chi connectivity index (χ2v) is 6.10. The van der Waals surface area contributed by atoms with Crippen LogP contribution in [0.25, 0.3) is 0 Å². The molecule has 0 saturated heterocycles. The van der Waals surface area contributed by atoms with Crippen LogP contribution in [0.1, 0.15) is 22.7 Å². The van der Waals surface area contributed by atoms with Crippen LogP contribution in [0, 0.1) is 0 Å². The maximum atomic E-state index is 11.6. The number of benzene rings is 2. The zero-order chi connectivity index (χ0) is 15.2. The van der Waals surface area contributed by atoms with Crippen molar-refractivity contribution >= 4 is 11.6 Å². The topological polar surface area (TPSA) is 38.0 Å². The summed E-state index contributed by atoms with van der Waals surface area (Å²) in [5.41, 5.74) is 1.89. The third-order valence-corrected chi connectivity index (χ3v) is 4.74. The second kappa shape index (κ2) is 4.97. The van der Waals surface area contributed by atoms with E-state index in [9.17, 15) is 5.11 Å². The Morgan fingerprint density at radius 1 is 1.14 bits per heavy atom. The Morgan fingerprint density at radius 2 is 1.91 bits per heavy atom. The van der Waals surface area contributed by atoms with E-state index in [1.165, 1.54) is 5.56 Å². The summed E-state index contributed by atoms with van der Waals surface area (Å²) in [5, 5.41) is 12.3. The average Bonchev–Trinajstić information content (AvgIpc) is 3.15. The number of rotatable bonds is 2. The van der Waals surface area contributed by atoms with E-state index in [0.717, 1.165) is 17.5 Å². The largest absolute Gasteiger partial charge is 0.378 e. The highest BCUT2D eigenvalue weighted by Crippen LogP contribution is 2.48. The number of aliphatic hydroxyl groups is 1. The Kier molecular flexibility index (Phi) is 3.06. The molecule has 4 rings (SSSR count). The van der Waals surface area contributed by atoms with Gasteiger partial charge < -0.3 is 9.67 Å². The van der Waals surface area contributed by atoms with Crippen LogP contribution < -0.4 is 0 Å². The Balaban J connectivity index is 1.93. The molecule has 2 atom stereocenters. The number of hydrogen-bond acceptors (Lipinski definition) is 2. The quantitative estimate of drug-likeness (QED) is 0.786. The van der Waals surface area contributed by atoms with Gasteiger partial charge in [-0.15, -0.1) is 0 Å². The molecule has 0 radical (unpaired) electrons. The molecular formula is C18H15ClN2O. The van der Waals surface area contributed by atoms with Crippen LogP contribution in [0.15, 0.2) is 67.3 Å². The van der Waals surface area contributed by atoms with E-state index < -0.39 is 5.60 Å². The van der Waals surface area contributed by atoms with Crippen molar-refractivity contribution in [3.8, 4) is 0 Å². The fourth-order valence-corrected chi connectivity index (χ4v) is 3.56. The number of hydrogen-bond donors (Lipinski definition) is 1.